The molecule has 0 fully saturated rings. The molecular weight excluding hydrogens is 324 g/mol. The summed E-state index contributed by atoms with van der Waals surface area (Å²) in [7, 11) is 0. The van der Waals surface area contributed by atoms with Gasteiger partial charge in [-0.15, -0.1) is 10.2 Å². The number of hydrogen-bond acceptors (Lipinski definition) is 3. The molecule has 0 radical (unpaired) electrons. The predicted octanol–water partition coefficient (Wildman–Crippen LogP) is 4.35. The van der Waals surface area contributed by atoms with E-state index in [4.69, 9.17) is 0 Å². The van der Waals surface area contributed by atoms with E-state index in [0.717, 1.165) is 10.3 Å². The number of nitrogens with zero attached hydrogens (tertiary/aromatic N) is 3. The third-order valence-corrected chi connectivity index (χ3v) is 3.30. The second kappa shape index (κ2) is 4.67. The SMILES string of the molecule is Brc1nc(N=Nc2ccccc2)[nH]c1Br. The van der Waals surface area contributed by atoms with Gasteiger partial charge in [-0.25, -0.2) is 4.98 Å². The second-order valence-electron chi connectivity index (χ2n) is 2.70. The van der Waals surface area contributed by atoms with E-state index < -0.39 is 0 Å². The third-order valence-electron chi connectivity index (χ3n) is 1.62. The van der Waals surface area contributed by atoms with Gasteiger partial charge in [-0.2, -0.15) is 0 Å². The van der Waals surface area contributed by atoms with Crippen molar-refractivity contribution in [1.82, 2.24) is 9.97 Å². The lowest BCUT2D eigenvalue weighted by molar-refractivity contribution is 1.12. The molecule has 0 unspecified atom stereocenters. The fraction of sp³-hybridized carbons (Fsp3) is 0. The predicted molar refractivity (Wildman–Crippen MR) is 64.6 cm³/mol. The molecule has 0 saturated heterocycles. The molecule has 1 aromatic heterocycles. The van der Waals surface area contributed by atoms with Gasteiger partial charge in [0.1, 0.15) is 9.21 Å². The van der Waals surface area contributed by atoms with Gasteiger partial charge >= 0.3 is 0 Å². The molecule has 0 spiro atoms. The molecule has 6 heteroatoms. The van der Waals surface area contributed by atoms with Crippen LogP contribution < -0.4 is 0 Å². The van der Waals surface area contributed by atoms with Crippen LogP contribution in [0.1, 0.15) is 0 Å². The highest BCUT2D eigenvalue weighted by atomic mass is 79.9. The van der Waals surface area contributed by atoms with Crippen LogP contribution in [-0.4, -0.2) is 9.97 Å². The number of imidazole rings is 1. The normalized spacial score (nSPS) is 11.1. The quantitative estimate of drug-likeness (QED) is 0.818. The van der Waals surface area contributed by atoms with Gasteiger partial charge in [0, 0.05) is 0 Å². The van der Waals surface area contributed by atoms with E-state index in [1.54, 1.807) is 0 Å². The molecule has 1 heterocycles. The van der Waals surface area contributed by atoms with Crippen LogP contribution in [0.3, 0.4) is 0 Å². The average Bonchev–Trinajstić information content (AvgIpc) is 2.57. The van der Waals surface area contributed by atoms with Crippen LogP contribution in [0, 0.1) is 0 Å². The lowest BCUT2D eigenvalue weighted by atomic mass is 10.3. The van der Waals surface area contributed by atoms with Crippen LogP contribution in [0.5, 0.6) is 0 Å². The van der Waals surface area contributed by atoms with Crippen molar-refractivity contribution in [2.75, 3.05) is 0 Å². The van der Waals surface area contributed by atoms with Crippen molar-refractivity contribution in [2.24, 2.45) is 10.2 Å². The largest absolute Gasteiger partial charge is 0.315 e. The number of aromatic nitrogens is 2. The van der Waals surface area contributed by atoms with Gasteiger partial charge in [0.15, 0.2) is 0 Å². The van der Waals surface area contributed by atoms with Gasteiger partial charge in [0.05, 0.1) is 5.69 Å². The molecule has 2 rings (SSSR count). The molecule has 0 aliphatic heterocycles. The summed E-state index contributed by atoms with van der Waals surface area (Å²) in [5.74, 6) is 0.456. The van der Waals surface area contributed by atoms with Crippen LogP contribution in [-0.2, 0) is 0 Å². The Bertz CT molecular complexity index is 459. The molecule has 0 atom stereocenters. The molecule has 1 aromatic carbocycles. The first-order chi connectivity index (χ1) is 7.25. The third kappa shape index (κ3) is 2.73. The molecule has 1 N–H and O–H groups in total. The van der Waals surface area contributed by atoms with E-state index in [1.165, 1.54) is 0 Å². The molecule has 0 amide bonds. The van der Waals surface area contributed by atoms with E-state index in [2.05, 4.69) is 52.1 Å². The fourth-order valence-corrected chi connectivity index (χ4v) is 1.50. The summed E-state index contributed by atoms with van der Waals surface area (Å²) in [5.41, 5.74) is 0.793. The van der Waals surface area contributed by atoms with Crippen LogP contribution in [0.25, 0.3) is 0 Å². The molecule has 4 nitrogen and oxygen atoms in total. The number of azo groups is 1. The highest BCUT2D eigenvalue weighted by Gasteiger charge is 2.02. The number of hydrogen-bond donors (Lipinski definition) is 1. The van der Waals surface area contributed by atoms with Crippen LogP contribution >= 0.6 is 31.9 Å². The van der Waals surface area contributed by atoms with Crippen molar-refractivity contribution < 1.29 is 0 Å². The van der Waals surface area contributed by atoms with E-state index in [-0.39, 0.29) is 0 Å². The average molecular weight is 330 g/mol. The van der Waals surface area contributed by atoms with Gasteiger partial charge in [0.2, 0.25) is 5.95 Å². The van der Waals surface area contributed by atoms with Crippen molar-refractivity contribution in [3.63, 3.8) is 0 Å². The number of nitrogens with one attached hydrogen (secondary N) is 1. The summed E-state index contributed by atoms with van der Waals surface area (Å²) in [4.78, 5) is 6.99. The Balaban J connectivity index is 2.19. The van der Waals surface area contributed by atoms with Crippen LogP contribution in [0.2, 0.25) is 0 Å². The molecule has 0 aliphatic carbocycles. The molecule has 15 heavy (non-hydrogen) atoms. The Morgan fingerprint density at radius 3 is 2.40 bits per heavy atom. The zero-order valence-corrected chi connectivity index (χ0v) is 10.7. The van der Waals surface area contributed by atoms with Gasteiger partial charge in [-0.05, 0) is 44.0 Å². The Kier molecular flexibility index (Phi) is 3.27. The molecule has 0 aliphatic rings. The molecular formula is C9H6Br2N4. The maximum absolute atomic E-state index is 4.08. The monoisotopic (exact) mass is 328 g/mol. The van der Waals surface area contributed by atoms with Crippen molar-refractivity contribution in [3.05, 3.63) is 39.5 Å². The highest BCUT2D eigenvalue weighted by molar-refractivity contribution is 9.13. The minimum atomic E-state index is 0.456. The Hall–Kier alpha value is -1.01. The molecule has 0 saturated carbocycles. The van der Waals surface area contributed by atoms with E-state index in [1.807, 2.05) is 30.3 Å². The fourth-order valence-electron chi connectivity index (χ4n) is 0.967. The molecule has 76 valence electrons. The minimum absolute atomic E-state index is 0.456. The van der Waals surface area contributed by atoms with Crippen molar-refractivity contribution in [3.8, 4) is 0 Å². The first-order valence-electron chi connectivity index (χ1n) is 4.13. The van der Waals surface area contributed by atoms with E-state index in [0.29, 0.717) is 10.6 Å². The standard InChI is InChI=1S/C9H6Br2N4/c10-7-8(11)13-9(12-7)15-14-6-4-2-1-3-5-6/h1-5H,(H,12,13). The summed E-state index contributed by atoms with van der Waals surface area (Å²) >= 11 is 6.53. The highest BCUT2D eigenvalue weighted by Crippen LogP contribution is 2.24. The molecule has 0 bridgehead atoms. The van der Waals surface area contributed by atoms with Crippen LogP contribution in [0.15, 0.2) is 49.8 Å². The summed E-state index contributed by atoms with van der Waals surface area (Å²) in [6.45, 7) is 0. The lowest BCUT2D eigenvalue weighted by Gasteiger charge is -1.87. The lowest BCUT2D eigenvalue weighted by Crippen LogP contribution is -1.65. The Labute approximate surface area is 103 Å². The van der Waals surface area contributed by atoms with Gasteiger partial charge in [-0.1, -0.05) is 18.2 Å². The summed E-state index contributed by atoms with van der Waals surface area (Å²) in [6, 6.07) is 9.48. The van der Waals surface area contributed by atoms with Gasteiger partial charge in [0.25, 0.3) is 0 Å². The number of halogens is 2. The Morgan fingerprint density at radius 1 is 1.07 bits per heavy atom. The van der Waals surface area contributed by atoms with E-state index in [9.17, 15) is 0 Å². The Morgan fingerprint density at radius 2 is 1.80 bits per heavy atom. The maximum Gasteiger partial charge on any atom is 0.248 e. The van der Waals surface area contributed by atoms with Crippen molar-refractivity contribution >= 4 is 43.5 Å². The maximum atomic E-state index is 4.08. The summed E-state index contributed by atoms with van der Waals surface area (Å²) in [5, 5.41) is 7.98. The first-order valence-corrected chi connectivity index (χ1v) is 5.72. The minimum Gasteiger partial charge on any atom is -0.315 e. The van der Waals surface area contributed by atoms with Crippen LogP contribution in [0.4, 0.5) is 11.6 Å². The topological polar surface area (TPSA) is 53.4 Å². The van der Waals surface area contributed by atoms with E-state index >= 15 is 0 Å². The number of H-pyrrole nitrogens is 1. The number of aromatic amines is 1. The van der Waals surface area contributed by atoms with Crippen molar-refractivity contribution in [2.45, 2.75) is 0 Å². The first kappa shape index (κ1) is 10.5. The second-order valence-corrected chi connectivity index (χ2v) is 4.24. The summed E-state index contributed by atoms with van der Waals surface area (Å²) < 4.78 is 1.44. The van der Waals surface area contributed by atoms with Gasteiger partial charge in [-0.3, -0.25) is 0 Å². The zero-order chi connectivity index (χ0) is 10.7. The summed E-state index contributed by atoms with van der Waals surface area (Å²) in [6.07, 6.45) is 0. The number of benzene rings is 1. The zero-order valence-electron chi connectivity index (χ0n) is 7.48. The molecule has 2 aromatic rings. The number of rotatable bonds is 2. The smallest absolute Gasteiger partial charge is 0.248 e. The van der Waals surface area contributed by atoms with Crippen molar-refractivity contribution in [1.29, 1.82) is 0 Å². The van der Waals surface area contributed by atoms with Gasteiger partial charge < -0.3 is 4.98 Å².